The van der Waals surface area contributed by atoms with Crippen LogP contribution in [0.3, 0.4) is 0 Å². The van der Waals surface area contributed by atoms with Gasteiger partial charge in [0.25, 0.3) is 11.5 Å². The lowest BCUT2D eigenvalue weighted by Gasteiger charge is -2.10. The second kappa shape index (κ2) is 7.67. The molecule has 0 fully saturated rings. The molecule has 6 heteroatoms. The number of hydrogen-bond donors (Lipinski definition) is 1. The molecular weight excluding hydrogens is 292 g/mol. The molecular formula is C17H22N4O2. The Labute approximate surface area is 135 Å². The fraction of sp³-hybridized carbons (Fsp3) is 0.412. The molecule has 1 heterocycles. The molecule has 6 nitrogen and oxygen atoms in total. The van der Waals surface area contributed by atoms with E-state index in [-0.39, 0.29) is 11.3 Å². The number of aryl methyl sites for hydroxylation is 1. The number of aromatic nitrogens is 2. The fourth-order valence-electron chi connectivity index (χ4n) is 2.14. The van der Waals surface area contributed by atoms with Crippen molar-refractivity contribution in [1.82, 2.24) is 15.2 Å². The maximum absolute atomic E-state index is 12.5. The lowest BCUT2D eigenvalue weighted by molar-refractivity contribution is 0.0949. The number of amides is 1. The van der Waals surface area contributed by atoms with Gasteiger partial charge in [-0.05, 0) is 25.8 Å². The number of hydrogen-bond acceptors (Lipinski definition) is 4. The largest absolute Gasteiger partial charge is 0.292 e. The first-order valence-corrected chi connectivity index (χ1v) is 7.91. The van der Waals surface area contributed by atoms with Crippen LogP contribution in [0.25, 0.3) is 10.8 Å². The Bertz CT molecular complexity index is 793. The molecule has 0 unspecified atom stereocenters. The van der Waals surface area contributed by atoms with Crippen LogP contribution in [0.5, 0.6) is 0 Å². The maximum Gasteiger partial charge on any atom is 0.292 e. The molecule has 0 aliphatic rings. The average molecular weight is 314 g/mol. The predicted molar refractivity (Wildman–Crippen MR) is 91.8 cm³/mol. The number of carbonyl (C=O) groups is 1. The number of nitrogens with one attached hydrogen (secondary N) is 1. The van der Waals surface area contributed by atoms with E-state index in [1.54, 1.807) is 24.3 Å². The molecule has 2 aromatic rings. The molecule has 0 aliphatic heterocycles. The lowest BCUT2D eigenvalue weighted by Crippen LogP contribution is -2.29. The van der Waals surface area contributed by atoms with E-state index in [1.807, 2.05) is 20.8 Å². The summed E-state index contributed by atoms with van der Waals surface area (Å²) in [6, 6.07) is 7.03. The van der Waals surface area contributed by atoms with Crippen molar-refractivity contribution in [3.8, 4) is 0 Å². The van der Waals surface area contributed by atoms with Gasteiger partial charge < -0.3 is 0 Å². The number of carbonyl (C=O) groups excluding carboxylic acids is 1. The van der Waals surface area contributed by atoms with E-state index in [1.165, 1.54) is 4.68 Å². The van der Waals surface area contributed by atoms with Crippen LogP contribution < -0.4 is 11.0 Å². The Balaban J connectivity index is 2.51. The third-order valence-corrected chi connectivity index (χ3v) is 3.67. The monoisotopic (exact) mass is 314 g/mol. The molecule has 1 aromatic carbocycles. The maximum atomic E-state index is 12.5. The van der Waals surface area contributed by atoms with E-state index >= 15 is 0 Å². The van der Waals surface area contributed by atoms with Crippen molar-refractivity contribution in [2.24, 2.45) is 5.10 Å². The number of rotatable bonds is 6. The zero-order valence-electron chi connectivity index (χ0n) is 13.8. The minimum absolute atomic E-state index is 0.168. The summed E-state index contributed by atoms with van der Waals surface area (Å²) in [5.41, 5.74) is 3.40. The van der Waals surface area contributed by atoms with Gasteiger partial charge in [-0.25, -0.2) is 10.1 Å². The third-order valence-electron chi connectivity index (χ3n) is 3.67. The van der Waals surface area contributed by atoms with Crippen molar-refractivity contribution in [3.63, 3.8) is 0 Å². The summed E-state index contributed by atoms with van der Waals surface area (Å²) in [6.45, 7) is 6.34. The van der Waals surface area contributed by atoms with Gasteiger partial charge in [0.2, 0.25) is 0 Å². The summed E-state index contributed by atoms with van der Waals surface area (Å²) >= 11 is 0. The molecule has 1 N–H and O–H groups in total. The molecule has 0 atom stereocenters. The van der Waals surface area contributed by atoms with E-state index in [0.29, 0.717) is 17.3 Å². The normalized spacial score (nSPS) is 11.7. The van der Waals surface area contributed by atoms with Gasteiger partial charge in [-0.3, -0.25) is 9.59 Å². The van der Waals surface area contributed by atoms with Crippen molar-refractivity contribution in [2.45, 2.75) is 46.6 Å². The lowest BCUT2D eigenvalue weighted by atomic mass is 10.1. The molecule has 0 aliphatic carbocycles. The Morgan fingerprint density at radius 2 is 1.96 bits per heavy atom. The number of nitrogens with zero attached hydrogens (tertiary/aromatic N) is 3. The van der Waals surface area contributed by atoms with Crippen molar-refractivity contribution < 1.29 is 4.79 Å². The number of benzene rings is 1. The van der Waals surface area contributed by atoms with Crippen LogP contribution in [-0.2, 0) is 6.54 Å². The number of fused-ring (bicyclic) bond motifs is 1. The van der Waals surface area contributed by atoms with Gasteiger partial charge in [0.05, 0.1) is 5.39 Å². The molecule has 0 bridgehead atoms. The van der Waals surface area contributed by atoms with E-state index in [4.69, 9.17) is 0 Å². The van der Waals surface area contributed by atoms with Gasteiger partial charge >= 0.3 is 0 Å². The topological polar surface area (TPSA) is 76.3 Å². The Morgan fingerprint density at radius 3 is 2.61 bits per heavy atom. The minimum atomic E-state index is -0.403. The smallest absolute Gasteiger partial charge is 0.267 e. The van der Waals surface area contributed by atoms with Gasteiger partial charge in [-0.2, -0.15) is 10.2 Å². The summed E-state index contributed by atoms with van der Waals surface area (Å²) < 4.78 is 1.37. The van der Waals surface area contributed by atoms with Crippen LogP contribution in [0, 0.1) is 0 Å². The minimum Gasteiger partial charge on any atom is -0.267 e. The van der Waals surface area contributed by atoms with Crippen molar-refractivity contribution in [3.05, 3.63) is 40.3 Å². The fourth-order valence-corrected chi connectivity index (χ4v) is 2.14. The summed E-state index contributed by atoms with van der Waals surface area (Å²) in [5, 5.41) is 9.34. The first-order valence-electron chi connectivity index (χ1n) is 7.91. The molecule has 2 rings (SSSR count). The van der Waals surface area contributed by atoms with Crippen molar-refractivity contribution in [2.75, 3.05) is 0 Å². The van der Waals surface area contributed by atoms with E-state index in [2.05, 4.69) is 15.6 Å². The average Bonchev–Trinajstić information content (AvgIpc) is 2.59. The second-order valence-corrected chi connectivity index (χ2v) is 5.42. The second-order valence-electron chi connectivity index (χ2n) is 5.42. The van der Waals surface area contributed by atoms with Crippen molar-refractivity contribution in [1.29, 1.82) is 0 Å². The van der Waals surface area contributed by atoms with Crippen LogP contribution in [0.4, 0.5) is 0 Å². The molecule has 1 aromatic heterocycles. The van der Waals surface area contributed by atoms with Crippen molar-refractivity contribution >= 4 is 22.4 Å². The van der Waals surface area contributed by atoms with Gasteiger partial charge in [-0.15, -0.1) is 0 Å². The number of hydrazone groups is 1. The molecule has 0 saturated heterocycles. The molecule has 23 heavy (non-hydrogen) atoms. The Morgan fingerprint density at radius 1 is 1.26 bits per heavy atom. The summed E-state index contributed by atoms with van der Waals surface area (Å²) in [7, 11) is 0. The van der Waals surface area contributed by atoms with Gasteiger partial charge in [0, 0.05) is 17.6 Å². The van der Waals surface area contributed by atoms with Crippen LogP contribution in [0.2, 0.25) is 0 Å². The first-order chi connectivity index (χ1) is 11.1. The molecule has 0 spiro atoms. The third kappa shape index (κ3) is 3.83. The van der Waals surface area contributed by atoms with Crippen LogP contribution >= 0.6 is 0 Å². The summed E-state index contributed by atoms with van der Waals surface area (Å²) in [4.78, 5) is 24.9. The van der Waals surface area contributed by atoms with Gasteiger partial charge in [0.15, 0.2) is 5.69 Å². The highest BCUT2D eigenvalue weighted by Gasteiger charge is 2.16. The SMILES string of the molecule is CCCCn1nc(C(=O)N/N=C(/C)CC)c2ccccc2c1=O. The van der Waals surface area contributed by atoms with E-state index < -0.39 is 5.91 Å². The summed E-state index contributed by atoms with van der Waals surface area (Å²) in [5.74, 6) is -0.403. The highest BCUT2D eigenvalue weighted by atomic mass is 16.2. The van der Waals surface area contributed by atoms with E-state index in [9.17, 15) is 9.59 Å². The Hall–Kier alpha value is -2.50. The Kier molecular flexibility index (Phi) is 5.62. The molecule has 122 valence electrons. The van der Waals surface area contributed by atoms with Gasteiger partial charge in [-0.1, -0.05) is 38.5 Å². The first kappa shape index (κ1) is 16.9. The van der Waals surface area contributed by atoms with Crippen LogP contribution in [-0.4, -0.2) is 21.4 Å². The van der Waals surface area contributed by atoms with Gasteiger partial charge in [0.1, 0.15) is 0 Å². The highest BCUT2D eigenvalue weighted by Crippen LogP contribution is 2.13. The van der Waals surface area contributed by atoms with E-state index in [0.717, 1.165) is 25.0 Å². The number of unbranched alkanes of at least 4 members (excludes halogenated alkanes) is 1. The standard InChI is InChI=1S/C17H22N4O2/c1-4-6-11-21-17(23)14-10-8-7-9-13(14)15(20-21)16(22)19-18-12(3)5-2/h7-10H,4-6,11H2,1-3H3,(H,19,22)/b18-12-. The highest BCUT2D eigenvalue weighted by molar-refractivity contribution is 6.05. The zero-order chi connectivity index (χ0) is 16.8. The molecule has 1 amide bonds. The van der Waals surface area contributed by atoms with Crippen LogP contribution in [0.1, 0.15) is 50.5 Å². The van der Waals surface area contributed by atoms with Crippen LogP contribution in [0.15, 0.2) is 34.2 Å². The molecule has 0 radical (unpaired) electrons. The zero-order valence-corrected chi connectivity index (χ0v) is 13.8. The summed E-state index contributed by atoms with van der Waals surface area (Å²) in [6.07, 6.45) is 2.53. The molecule has 0 saturated carbocycles. The quantitative estimate of drug-likeness (QED) is 0.658. The predicted octanol–water partition coefficient (Wildman–Crippen LogP) is 2.71.